The van der Waals surface area contributed by atoms with Gasteiger partial charge in [-0.3, -0.25) is 9.80 Å². The Kier molecular flexibility index (Phi) is 4.64. The van der Waals surface area contributed by atoms with E-state index in [2.05, 4.69) is 37.9 Å². The predicted molar refractivity (Wildman–Crippen MR) is 87.7 cm³/mol. The monoisotopic (exact) mass is 337 g/mol. The lowest BCUT2D eigenvalue weighted by molar-refractivity contribution is 0.0936. The third-order valence-electron chi connectivity index (χ3n) is 4.71. The summed E-state index contributed by atoms with van der Waals surface area (Å²) in [5.74, 6) is 0. The molecule has 1 saturated carbocycles. The molecule has 1 aromatic rings. The van der Waals surface area contributed by atoms with Gasteiger partial charge < -0.3 is 5.73 Å². The highest BCUT2D eigenvalue weighted by Gasteiger charge is 2.26. The van der Waals surface area contributed by atoms with Crippen LogP contribution in [0.2, 0.25) is 0 Å². The van der Waals surface area contributed by atoms with Crippen molar-refractivity contribution >= 4 is 21.6 Å². The molecule has 1 heterocycles. The van der Waals surface area contributed by atoms with Crippen molar-refractivity contribution in [2.24, 2.45) is 0 Å². The van der Waals surface area contributed by atoms with Gasteiger partial charge in [0.25, 0.3) is 0 Å². The Bertz CT molecular complexity index is 449. The van der Waals surface area contributed by atoms with E-state index < -0.39 is 0 Å². The minimum absolute atomic E-state index is 0.854. The molecule has 1 aliphatic heterocycles. The molecule has 0 unspecified atom stereocenters. The molecule has 0 bridgehead atoms. The Morgan fingerprint density at radius 2 is 1.80 bits per heavy atom. The molecule has 0 atom stereocenters. The number of anilines is 1. The molecular weight excluding hydrogens is 314 g/mol. The Labute approximate surface area is 130 Å². The van der Waals surface area contributed by atoms with Crippen LogP contribution in [0.4, 0.5) is 5.69 Å². The summed E-state index contributed by atoms with van der Waals surface area (Å²) in [6.07, 6.45) is 5.70. The summed E-state index contributed by atoms with van der Waals surface area (Å²) in [6, 6.07) is 6.97. The molecule has 3 nitrogen and oxygen atoms in total. The number of hydrogen-bond acceptors (Lipinski definition) is 3. The molecular formula is C16H24BrN3. The van der Waals surface area contributed by atoms with Gasteiger partial charge in [-0.05, 0) is 36.6 Å². The molecule has 4 heteroatoms. The first kappa shape index (κ1) is 14.4. The standard InChI is InChI=1S/C16H24BrN3/c17-16-6-5-14(18)11-13(16)12-19-7-9-20(10-8-19)15-3-1-2-4-15/h5-6,11,15H,1-4,7-10,12,18H2. The first-order chi connectivity index (χ1) is 9.72. The normalized spacial score (nSPS) is 22.4. The lowest BCUT2D eigenvalue weighted by Crippen LogP contribution is -2.49. The maximum absolute atomic E-state index is 5.89. The van der Waals surface area contributed by atoms with Crippen LogP contribution in [-0.4, -0.2) is 42.0 Å². The van der Waals surface area contributed by atoms with Crippen LogP contribution in [0.1, 0.15) is 31.2 Å². The number of nitrogens with zero attached hydrogens (tertiary/aromatic N) is 2. The first-order valence-electron chi connectivity index (χ1n) is 7.73. The number of nitrogens with two attached hydrogens (primary N) is 1. The zero-order valence-corrected chi connectivity index (χ0v) is 13.6. The molecule has 1 saturated heterocycles. The van der Waals surface area contributed by atoms with Crippen LogP contribution in [0.3, 0.4) is 0 Å². The molecule has 1 aromatic carbocycles. The maximum atomic E-state index is 5.89. The van der Waals surface area contributed by atoms with Crippen molar-refractivity contribution in [3.8, 4) is 0 Å². The summed E-state index contributed by atoms with van der Waals surface area (Å²) >= 11 is 3.63. The van der Waals surface area contributed by atoms with Gasteiger partial charge in [-0.15, -0.1) is 0 Å². The molecule has 3 rings (SSSR count). The van der Waals surface area contributed by atoms with Crippen LogP contribution in [0.5, 0.6) is 0 Å². The highest BCUT2D eigenvalue weighted by Crippen LogP contribution is 2.25. The number of hydrogen-bond donors (Lipinski definition) is 1. The third kappa shape index (κ3) is 3.35. The van der Waals surface area contributed by atoms with Crippen molar-refractivity contribution in [3.63, 3.8) is 0 Å². The van der Waals surface area contributed by atoms with Gasteiger partial charge in [-0.1, -0.05) is 28.8 Å². The van der Waals surface area contributed by atoms with Crippen molar-refractivity contribution in [3.05, 3.63) is 28.2 Å². The van der Waals surface area contributed by atoms with Crippen molar-refractivity contribution in [1.29, 1.82) is 0 Å². The van der Waals surface area contributed by atoms with Gasteiger partial charge in [0.05, 0.1) is 0 Å². The van der Waals surface area contributed by atoms with E-state index in [9.17, 15) is 0 Å². The average Bonchev–Trinajstić information content (AvgIpc) is 2.98. The van der Waals surface area contributed by atoms with Crippen LogP contribution in [0.15, 0.2) is 22.7 Å². The molecule has 2 aliphatic rings. The summed E-state index contributed by atoms with van der Waals surface area (Å²) in [5.41, 5.74) is 8.05. The van der Waals surface area contributed by atoms with E-state index in [-0.39, 0.29) is 0 Å². The highest BCUT2D eigenvalue weighted by molar-refractivity contribution is 9.10. The zero-order chi connectivity index (χ0) is 13.9. The van der Waals surface area contributed by atoms with Gasteiger partial charge in [0, 0.05) is 48.9 Å². The number of benzene rings is 1. The second-order valence-electron chi connectivity index (χ2n) is 6.10. The average molecular weight is 338 g/mol. The summed E-state index contributed by atoms with van der Waals surface area (Å²) in [6.45, 7) is 5.81. The first-order valence-corrected chi connectivity index (χ1v) is 8.52. The molecule has 0 aromatic heterocycles. The Hall–Kier alpha value is -0.580. The Morgan fingerprint density at radius 3 is 2.50 bits per heavy atom. The Balaban J connectivity index is 1.54. The summed E-state index contributed by atoms with van der Waals surface area (Å²) in [4.78, 5) is 5.25. The summed E-state index contributed by atoms with van der Waals surface area (Å²) in [5, 5.41) is 0. The molecule has 20 heavy (non-hydrogen) atoms. The van der Waals surface area contributed by atoms with Crippen LogP contribution in [-0.2, 0) is 6.54 Å². The second-order valence-corrected chi connectivity index (χ2v) is 6.96. The highest BCUT2D eigenvalue weighted by atomic mass is 79.9. The van der Waals surface area contributed by atoms with E-state index in [1.165, 1.54) is 61.9 Å². The van der Waals surface area contributed by atoms with E-state index in [0.29, 0.717) is 0 Å². The predicted octanol–water partition coefficient (Wildman–Crippen LogP) is 3.09. The number of nitrogen functional groups attached to an aromatic ring is 1. The minimum atomic E-state index is 0.854. The van der Waals surface area contributed by atoms with E-state index in [4.69, 9.17) is 5.73 Å². The van der Waals surface area contributed by atoms with Crippen LogP contribution < -0.4 is 5.73 Å². The smallest absolute Gasteiger partial charge is 0.0318 e. The minimum Gasteiger partial charge on any atom is -0.399 e. The molecule has 1 aliphatic carbocycles. The van der Waals surface area contributed by atoms with Crippen molar-refractivity contribution in [2.45, 2.75) is 38.3 Å². The van der Waals surface area contributed by atoms with E-state index >= 15 is 0 Å². The fraction of sp³-hybridized carbons (Fsp3) is 0.625. The number of piperazine rings is 1. The third-order valence-corrected chi connectivity index (χ3v) is 5.49. The second kappa shape index (κ2) is 6.46. The number of rotatable bonds is 3. The van der Waals surface area contributed by atoms with Gasteiger partial charge in [-0.25, -0.2) is 0 Å². The maximum Gasteiger partial charge on any atom is 0.0318 e. The van der Waals surface area contributed by atoms with Crippen molar-refractivity contribution < 1.29 is 0 Å². The van der Waals surface area contributed by atoms with Crippen molar-refractivity contribution in [2.75, 3.05) is 31.9 Å². The van der Waals surface area contributed by atoms with Gasteiger partial charge in [0.1, 0.15) is 0 Å². The molecule has 2 N–H and O–H groups in total. The fourth-order valence-corrected chi connectivity index (χ4v) is 3.88. The lowest BCUT2D eigenvalue weighted by Gasteiger charge is -2.38. The quantitative estimate of drug-likeness (QED) is 0.860. The topological polar surface area (TPSA) is 32.5 Å². The molecule has 0 radical (unpaired) electrons. The molecule has 0 amide bonds. The van der Waals surface area contributed by atoms with Gasteiger partial charge in [-0.2, -0.15) is 0 Å². The summed E-state index contributed by atoms with van der Waals surface area (Å²) < 4.78 is 1.17. The molecule has 2 fully saturated rings. The van der Waals surface area contributed by atoms with Crippen LogP contribution >= 0.6 is 15.9 Å². The fourth-order valence-electron chi connectivity index (χ4n) is 3.51. The van der Waals surface area contributed by atoms with E-state index in [1.807, 2.05) is 6.07 Å². The van der Waals surface area contributed by atoms with Crippen LogP contribution in [0.25, 0.3) is 0 Å². The zero-order valence-electron chi connectivity index (χ0n) is 12.0. The van der Waals surface area contributed by atoms with Crippen molar-refractivity contribution in [1.82, 2.24) is 9.80 Å². The van der Waals surface area contributed by atoms with Gasteiger partial charge >= 0.3 is 0 Å². The number of halogens is 1. The van der Waals surface area contributed by atoms with Gasteiger partial charge in [0.15, 0.2) is 0 Å². The van der Waals surface area contributed by atoms with E-state index in [1.54, 1.807) is 0 Å². The van der Waals surface area contributed by atoms with E-state index in [0.717, 1.165) is 18.3 Å². The largest absolute Gasteiger partial charge is 0.399 e. The molecule has 0 spiro atoms. The van der Waals surface area contributed by atoms with Crippen LogP contribution in [0, 0.1) is 0 Å². The Morgan fingerprint density at radius 1 is 1.10 bits per heavy atom. The molecule has 110 valence electrons. The van der Waals surface area contributed by atoms with Gasteiger partial charge in [0.2, 0.25) is 0 Å². The summed E-state index contributed by atoms with van der Waals surface area (Å²) in [7, 11) is 0. The lowest BCUT2D eigenvalue weighted by atomic mass is 10.1. The SMILES string of the molecule is Nc1ccc(Br)c(CN2CCN(C3CCCC3)CC2)c1.